The molecule has 1 aliphatic carbocycles. The van der Waals surface area contributed by atoms with E-state index in [0.29, 0.717) is 18.2 Å². The molecule has 0 saturated carbocycles. The topological polar surface area (TPSA) is 55.1 Å². The van der Waals surface area contributed by atoms with Gasteiger partial charge in [0.1, 0.15) is 5.69 Å². The highest BCUT2D eigenvalue weighted by Gasteiger charge is 2.26. The molecule has 1 amide bonds. The minimum absolute atomic E-state index is 0.0333. The Morgan fingerprint density at radius 1 is 0.805 bits per heavy atom. The van der Waals surface area contributed by atoms with E-state index in [4.69, 9.17) is 9.40 Å². The van der Waals surface area contributed by atoms with Crippen molar-refractivity contribution in [3.63, 3.8) is 0 Å². The fraction of sp³-hybridized carbons (Fsp3) is 0.189. The van der Waals surface area contributed by atoms with Crippen LogP contribution in [0.1, 0.15) is 42.7 Å². The zero-order valence-corrected chi connectivity index (χ0v) is 23.1. The first-order valence-electron chi connectivity index (χ1n) is 14.5. The van der Waals surface area contributed by atoms with Crippen LogP contribution in [0.5, 0.6) is 0 Å². The van der Waals surface area contributed by atoms with Crippen molar-refractivity contribution in [2.45, 2.75) is 38.5 Å². The molecule has 0 radical (unpaired) electrons. The molecule has 1 heterocycles. The number of rotatable bonds is 9. The molecule has 1 aliphatic rings. The number of benzene rings is 4. The smallest absolute Gasteiger partial charge is 0.224 e. The van der Waals surface area contributed by atoms with Crippen LogP contribution < -0.4 is 5.32 Å². The van der Waals surface area contributed by atoms with Crippen molar-refractivity contribution in [1.82, 2.24) is 4.98 Å². The summed E-state index contributed by atoms with van der Waals surface area (Å²) >= 11 is 0. The summed E-state index contributed by atoms with van der Waals surface area (Å²) in [4.78, 5) is 17.7. The number of carbonyl (C=O) groups excluding carboxylic acids is 1. The first-order chi connectivity index (χ1) is 20.2. The predicted molar refractivity (Wildman–Crippen MR) is 166 cm³/mol. The minimum atomic E-state index is 0.0333. The predicted octanol–water partition coefficient (Wildman–Crippen LogP) is 9.01. The number of oxazole rings is 1. The van der Waals surface area contributed by atoms with Gasteiger partial charge in [0.25, 0.3) is 0 Å². The van der Waals surface area contributed by atoms with E-state index < -0.39 is 0 Å². The van der Waals surface area contributed by atoms with Gasteiger partial charge >= 0.3 is 0 Å². The van der Waals surface area contributed by atoms with Gasteiger partial charge in [-0.05, 0) is 61.3 Å². The lowest BCUT2D eigenvalue weighted by Gasteiger charge is -2.22. The summed E-state index contributed by atoms with van der Waals surface area (Å²) in [5.74, 6) is 1.83. The third kappa shape index (κ3) is 6.55. The van der Waals surface area contributed by atoms with Crippen molar-refractivity contribution in [3.8, 4) is 22.6 Å². The Hall–Kier alpha value is -4.70. The lowest BCUT2D eigenvalue weighted by Crippen LogP contribution is -2.14. The van der Waals surface area contributed by atoms with E-state index in [1.807, 2.05) is 66.7 Å². The normalized spacial score (nSPS) is 14.8. The molecule has 5 aromatic rings. The fourth-order valence-corrected chi connectivity index (χ4v) is 5.63. The zero-order valence-electron chi connectivity index (χ0n) is 23.1. The maximum absolute atomic E-state index is 12.7. The summed E-state index contributed by atoms with van der Waals surface area (Å²) in [6, 6.07) is 38.9. The quantitative estimate of drug-likeness (QED) is 0.204. The van der Waals surface area contributed by atoms with Gasteiger partial charge in [-0.2, -0.15) is 0 Å². The SMILES string of the molecule is O=C(CCc1ccccc1)Nc1cccc(CC2CCCC=C2c2nc(-c3ccccc3)c(-c3ccccc3)o2)c1. The molecule has 41 heavy (non-hydrogen) atoms. The third-order valence-corrected chi connectivity index (χ3v) is 7.69. The van der Waals surface area contributed by atoms with Gasteiger partial charge in [0.05, 0.1) is 0 Å². The number of carbonyl (C=O) groups is 1. The largest absolute Gasteiger partial charge is 0.436 e. The maximum Gasteiger partial charge on any atom is 0.224 e. The Bertz CT molecular complexity index is 1560. The number of anilines is 1. The monoisotopic (exact) mass is 538 g/mol. The Balaban J connectivity index is 1.21. The van der Waals surface area contributed by atoms with Crippen LogP contribution in [0.3, 0.4) is 0 Å². The van der Waals surface area contributed by atoms with Gasteiger partial charge in [-0.1, -0.05) is 109 Å². The Kier molecular flexibility index (Phi) is 8.18. The fourth-order valence-electron chi connectivity index (χ4n) is 5.63. The number of nitrogens with one attached hydrogen (secondary N) is 1. The van der Waals surface area contributed by atoms with Crippen LogP contribution in [0.2, 0.25) is 0 Å². The van der Waals surface area contributed by atoms with Crippen molar-refractivity contribution in [2.75, 3.05) is 5.32 Å². The molecule has 0 bridgehead atoms. The first-order valence-corrected chi connectivity index (χ1v) is 14.5. The van der Waals surface area contributed by atoms with Gasteiger partial charge in [-0.15, -0.1) is 0 Å². The molecule has 1 aromatic heterocycles. The van der Waals surface area contributed by atoms with Crippen LogP contribution in [0.25, 0.3) is 28.2 Å². The van der Waals surface area contributed by atoms with Crippen molar-refractivity contribution < 1.29 is 9.21 Å². The molecule has 0 saturated heterocycles. The summed E-state index contributed by atoms with van der Waals surface area (Å²) in [6.45, 7) is 0. The number of aryl methyl sites for hydroxylation is 1. The molecule has 0 aliphatic heterocycles. The third-order valence-electron chi connectivity index (χ3n) is 7.69. The Labute approximate surface area is 241 Å². The maximum atomic E-state index is 12.7. The molecule has 6 rings (SSSR count). The summed E-state index contributed by atoms with van der Waals surface area (Å²) in [5.41, 5.74) is 7.33. The summed E-state index contributed by atoms with van der Waals surface area (Å²) in [7, 11) is 0. The highest BCUT2D eigenvalue weighted by molar-refractivity contribution is 5.91. The van der Waals surface area contributed by atoms with Crippen LogP contribution in [0, 0.1) is 5.92 Å². The molecule has 1 atom stereocenters. The average Bonchev–Trinajstić information content (AvgIpc) is 3.47. The van der Waals surface area contributed by atoms with E-state index in [2.05, 4.69) is 59.9 Å². The number of amides is 1. The summed E-state index contributed by atoms with van der Waals surface area (Å²) < 4.78 is 6.57. The Morgan fingerprint density at radius 2 is 1.49 bits per heavy atom. The molecule has 4 aromatic carbocycles. The van der Waals surface area contributed by atoms with Crippen LogP contribution in [0.15, 0.2) is 126 Å². The zero-order chi connectivity index (χ0) is 27.9. The van der Waals surface area contributed by atoms with Crippen LogP contribution in [-0.2, 0) is 17.6 Å². The van der Waals surface area contributed by atoms with Gasteiger partial charge in [-0.25, -0.2) is 4.98 Å². The summed E-state index contributed by atoms with van der Waals surface area (Å²) in [5, 5.41) is 3.10. The number of nitrogens with zero attached hydrogens (tertiary/aromatic N) is 1. The van der Waals surface area contributed by atoms with Crippen molar-refractivity contribution in [1.29, 1.82) is 0 Å². The molecule has 1 unspecified atom stereocenters. The van der Waals surface area contributed by atoms with E-state index >= 15 is 0 Å². The van der Waals surface area contributed by atoms with E-state index in [1.54, 1.807) is 0 Å². The van der Waals surface area contributed by atoms with E-state index in [-0.39, 0.29) is 5.91 Å². The molecule has 0 spiro atoms. The molecular formula is C37H34N2O2. The number of aromatic nitrogens is 1. The lowest BCUT2D eigenvalue weighted by atomic mass is 9.83. The molecule has 0 fully saturated rings. The highest BCUT2D eigenvalue weighted by Crippen LogP contribution is 2.40. The van der Waals surface area contributed by atoms with Crippen molar-refractivity contribution in [3.05, 3.63) is 138 Å². The second-order valence-electron chi connectivity index (χ2n) is 10.7. The standard InChI is InChI=1S/C37H34N2O2/c40-34(24-23-27-13-4-1-5-14-27)38-32-21-12-15-28(26-32)25-31-20-10-11-22-33(31)37-39-35(29-16-6-2-7-17-29)36(41-37)30-18-8-3-9-19-30/h1-9,12-19,21-22,26,31H,10-11,20,23-25H2,(H,38,40). The number of hydrogen-bond donors (Lipinski definition) is 1. The van der Waals surface area contributed by atoms with Crippen molar-refractivity contribution in [2.24, 2.45) is 5.92 Å². The van der Waals surface area contributed by atoms with Crippen LogP contribution >= 0.6 is 0 Å². The summed E-state index contributed by atoms with van der Waals surface area (Å²) in [6.07, 6.45) is 7.59. The average molecular weight is 539 g/mol. The number of hydrogen-bond acceptors (Lipinski definition) is 3. The van der Waals surface area contributed by atoms with Crippen LogP contribution in [-0.4, -0.2) is 10.9 Å². The van der Waals surface area contributed by atoms with Crippen LogP contribution in [0.4, 0.5) is 5.69 Å². The molecule has 1 N–H and O–H groups in total. The number of allylic oxidation sites excluding steroid dienone is 2. The van der Waals surface area contributed by atoms with E-state index in [0.717, 1.165) is 60.4 Å². The van der Waals surface area contributed by atoms with Gasteiger partial charge in [0.2, 0.25) is 11.8 Å². The molecule has 4 nitrogen and oxygen atoms in total. The van der Waals surface area contributed by atoms with Gasteiger partial charge in [0.15, 0.2) is 5.76 Å². The minimum Gasteiger partial charge on any atom is -0.436 e. The highest BCUT2D eigenvalue weighted by atomic mass is 16.4. The first kappa shape index (κ1) is 26.5. The second kappa shape index (κ2) is 12.6. The van der Waals surface area contributed by atoms with E-state index in [9.17, 15) is 4.79 Å². The van der Waals surface area contributed by atoms with Gasteiger partial charge in [0, 0.05) is 28.8 Å². The molecule has 204 valence electrons. The van der Waals surface area contributed by atoms with Gasteiger partial charge in [-0.3, -0.25) is 4.79 Å². The van der Waals surface area contributed by atoms with E-state index in [1.165, 1.54) is 16.7 Å². The lowest BCUT2D eigenvalue weighted by molar-refractivity contribution is -0.116. The van der Waals surface area contributed by atoms with Gasteiger partial charge < -0.3 is 9.73 Å². The second-order valence-corrected chi connectivity index (χ2v) is 10.7. The van der Waals surface area contributed by atoms with Crippen molar-refractivity contribution >= 4 is 17.2 Å². The Morgan fingerprint density at radius 3 is 2.24 bits per heavy atom. The molecule has 4 heteroatoms. The molecular weight excluding hydrogens is 504 g/mol.